The number of rotatable bonds is 7. The number of hydrogen-bond donors (Lipinski definition) is 1. The maximum Gasteiger partial charge on any atom is 0.233 e. The van der Waals surface area contributed by atoms with Crippen molar-refractivity contribution >= 4 is 16.1 Å². The summed E-state index contributed by atoms with van der Waals surface area (Å²) in [5.41, 5.74) is 1.65. The lowest BCUT2D eigenvalue weighted by Crippen LogP contribution is -2.33. The van der Waals surface area contributed by atoms with Gasteiger partial charge in [0.2, 0.25) is 10.0 Å². The molecule has 0 bridgehead atoms. The topological polar surface area (TPSA) is 49.4 Å². The molecule has 0 amide bonds. The molecule has 1 atom stereocenters. The first-order chi connectivity index (χ1) is 11.4. The molecule has 0 radical (unpaired) electrons. The van der Waals surface area contributed by atoms with Gasteiger partial charge in [-0.25, -0.2) is 17.5 Å². The molecular weight excluding hydrogens is 327 g/mol. The standard InChI is InChI=1S/C18H21FN2O2S/c1-21(2)18(16-8-10-17(19)11-9-16)14-20-24(22,23)13-12-15-6-4-3-5-7-15/h3-13,18,20H,14H2,1-2H3. The van der Waals surface area contributed by atoms with Crippen LogP contribution in [0.25, 0.3) is 6.08 Å². The summed E-state index contributed by atoms with van der Waals surface area (Å²) in [6.07, 6.45) is 1.55. The van der Waals surface area contributed by atoms with Crippen LogP contribution in [0.4, 0.5) is 4.39 Å². The second-order valence-corrected chi connectivity index (χ2v) is 7.29. The number of nitrogens with zero attached hydrogens (tertiary/aromatic N) is 1. The van der Waals surface area contributed by atoms with Crippen LogP contribution in [0.15, 0.2) is 60.0 Å². The van der Waals surface area contributed by atoms with Gasteiger partial charge in [-0.3, -0.25) is 0 Å². The van der Waals surface area contributed by atoms with Crippen molar-refractivity contribution in [2.45, 2.75) is 6.04 Å². The number of halogens is 1. The second kappa shape index (κ2) is 8.19. The average molecular weight is 348 g/mol. The van der Waals surface area contributed by atoms with Crippen molar-refractivity contribution in [1.82, 2.24) is 9.62 Å². The first-order valence-electron chi connectivity index (χ1n) is 7.52. The summed E-state index contributed by atoms with van der Waals surface area (Å²) < 4.78 is 39.9. The van der Waals surface area contributed by atoms with E-state index in [9.17, 15) is 12.8 Å². The molecule has 0 spiro atoms. The van der Waals surface area contributed by atoms with Crippen molar-refractivity contribution in [3.8, 4) is 0 Å². The average Bonchev–Trinajstić information content (AvgIpc) is 2.55. The highest BCUT2D eigenvalue weighted by molar-refractivity contribution is 7.92. The normalized spacial score (nSPS) is 13.5. The van der Waals surface area contributed by atoms with Gasteiger partial charge in [0.25, 0.3) is 0 Å². The van der Waals surface area contributed by atoms with Gasteiger partial charge in [-0.15, -0.1) is 0 Å². The summed E-state index contributed by atoms with van der Waals surface area (Å²) in [4.78, 5) is 1.89. The molecule has 1 N–H and O–H groups in total. The minimum absolute atomic E-state index is 0.189. The molecule has 0 fully saturated rings. The van der Waals surface area contributed by atoms with Gasteiger partial charge in [0.15, 0.2) is 0 Å². The van der Waals surface area contributed by atoms with E-state index in [0.717, 1.165) is 16.5 Å². The van der Waals surface area contributed by atoms with Crippen molar-refractivity contribution in [3.05, 3.63) is 76.9 Å². The minimum atomic E-state index is -3.56. The van der Waals surface area contributed by atoms with E-state index in [-0.39, 0.29) is 18.4 Å². The summed E-state index contributed by atoms with van der Waals surface area (Å²) in [6, 6.07) is 15.1. The highest BCUT2D eigenvalue weighted by Gasteiger charge is 2.16. The molecule has 2 aromatic carbocycles. The molecule has 128 valence electrons. The fourth-order valence-electron chi connectivity index (χ4n) is 2.26. The smallest absolute Gasteiger partial charge is 0.233 e. The Balaban J connectivity index is 2.05. The fourth-order valence-corrected chi connectivity index (χ4v) is 3.08. The Morgan fingerprint density at radius 1 is 1.08 bits per heavy atom. The van der Waals surface area contributed by atoms with E-state index in [2.05, 4.69) is 4.72 Å². The predicted molar refractivity (Wildman–Crippen MR) is 95.2 cm³/mol. The van der Waals surface area contributed by atoms with E-state index in [1.807, 2.05) is 49.3 Å². The van der Waals surface area contributed by atoms with Crippen molar-refractivity contribution in [3.63, 3.8) is 0 Å². The van der Waals surface area contributed by atoms with Crippen LogP contribution >= 0.6 is 0 Å². The molecule has 0 aliphatic rings. The summed E-state index contributed by atoms with van der Waals surface area (Å²) in [5, 5.41) is 1.15. The number of sulfonamides is 1. The fraction of sp³-hybridized carbons (Fsp3) is 0.222. The Labute approximate surface area is 142 Å². The molecule has 0 aliphatic heterocycles. The number of hydrogen-bond acceptors (Lipinski definition) is 3. The SMILES string of the molecule is CN(C)C(CNS(=O)(=O)C=Cc1ccccc1)c1ccc(F)cc1. The van der Waals surface area contributed by atoms with Gasteiger partial charge in [0.1, 0.15) is 5.82 Å². The second-order valence-electron chi connectivity index (χ2n) is 5.64. The van der Waals surface area contributed by atoms with Crippen LogP contribution in [-0.2, 0) is 10.0 Å². The zero-order valence-electron chi connectivity index (χ0n) is 13.7. The van der Waals surface area contributed by atoms with Gasteiger partial charge in [-0.2, -0.15) is 0 Å². The number of likely N-dealkylation sites (N-methyl/N-ethyl adjacent to an activating group) is 1. The van der Waals surface area contributed by atoms with E-state index in [1.165, 1.54) is 12.1 Å². The Hall–Kier alpha value is -2.02. The molecule has 4 nitrogen and oxygen atoms in total. The van der Waals surface area contributed by atoms with Crippen molar-refractivity contribution in [2.24, 2.45) is 0 Å². The highest BCUT2D eigenvalue weighted by atomic mass is 32.2. The van der Waals surface area contributed by atoms with Crippen LogP contribution < -0.4 is 4.72 Å². The van der Waals surface area contributed by atoms with Gasteiger partial charge in [0.05, 0.1) is 0 Å². The summed E-state index contributed by atoms with van der Waals surface area (Å²) >= 11 is 0. The summed E-state index contributed by atoms with van der Waals surface area (Å²) in [6.45, 7) is 0.195. The molecular formula is C18H21FN2O2S. The van der Waals surface area contributed by atoms with Crippen molar-refractivity contribution in [1.29, 1.82) is 0 Å². The third-order valence-corrected chi connectivity index (χ3v) is 4.66. The Morgan fingerprint density at radius 2 is 1.71 bits per heavy atom. The van der Waals surface area contributed by atoms with E-state index >= 15 is 0 Å². The predicted octanol–water partition coefficient (Wildman–Crippen LogP) is 3.02. The molecule has 0 saturated heterocycles. The quantitative estimate of drug-likeness (QED) is 0.837. The van der Waals surface area contributed by atoms with Crippen molar-refractivity contribution in [2.75, 3.05) is 20.6 Å². The first-order valence-corrected chi connectivity index (χ1v) is 9.07. The first kappa shape index (κ1) is 18.3. The molecule has 24 heavy (non-hydrogen) atoms. The lowest BCUT2D eigenvalue weighted by molar-refractivity contribution is 0.299. The van der Waals surface area contributed by atoms with Crippen molar-refractivity contribution < 1.29 is 12.8 Å². The largest absolute Gasteiger partial charge is 0.301 e. The highest BCUT2D eigenvalue weighted by Crippen LogP contribution is 2.18. The van der Waals surface area contributed by atoms with Crippen LogP contribution in [0.2, 0.25) is 0 Å². The monoisotopic (exact) mass is 348 g/mol. The summed E-state index contributed by atoms with van der Waals surface area (Å²) in [5.74, 6) is -0.317. The van der Waals surface area contributed by atoms with E-state index in [0.29, 0.717) is 0 Å². The van der Waals surface area contributed by atoms with Gasteiger partial charge < -0.3 is 4.90 Å². The maximum absolute atomic E-state index is 13.1. The molecule has 0 heterocycles. The zero-order valence-corrected chi connectivity index (χ0v) is 14.5. The number of benzene rings is 2. The van der Waals surface area contributed by atoms with Gasteiger partial charge in [-0.05, 0) is 43.4 Å². The molecule has 2 rings (SSSR count). The lowest BCUT2D eigenvalue weighted by Gasteiger charge is -2.24. The third-order valence-electron chi connectivity index (χ3n) is 3.60. The van der Waals surface area contributed by atoms with Crippen LogP contribution in [0.5, 0.6) is 0 Å². The molecule has 6 heteroatoms. The zero-order chi connectivity index (χ0) is 17.6. The van der Waals surface area contributed by atoms with Gasteiger partial charge >= 0.3 is 0 Å². The van der Waals surface area contributed by atoms with Gasteiger partial charge in [0, 0.05) is 18.0 Å². The molecule has 0 saturated carbocycles. The van der Waals surface area contributed by atoms with Crippen LogP contribution in [0.3, 0.4) is 0 Å². The Kier molecular flexibility index (Phi) is 6.25. The molecule has 1 unspecified atom stereocenters. The Bertz CT molecular complexity index is 772. The maximum atomic E-state index is 13.1. The van der Waals surface area contributed by atoms with Crippen LogP contribution in [0.1, 0.15) is 17.2 Å². The van der Waals surface area contributed by atoms with Gasteiger partial charge in [-0.1, -0.05) is 42.5 Å². The molecule has 2 aromatic rings. The van der Waals surface area contributed by atoms with E-state index in [4.69, 9.17) is 0 Å². The minimum Gasteiger partial charge on any atom is -0.301 e. The third kappa shape index (κ3) is 5.56. The molecule has 0 aromatic heterocycles. The van der Waals surface area contributed by atoms with E-state index in [1.54, 1.807) is 18.2 Å². The van der Waals surface area contributed by atoms with Crippen LogP contribution in [0, 0.1) is 5.82 Å². The Morgan fingerprint density at radius 3 is 2.29 bits per heavy atom. The molecule has 0 aliphatic carbocycles. The lowest BCUT2D eigenvalue weighted by atomic mass is 10.1. The van der Waals surface area contributed by atoms with Crippen LogP contribution in [-0.4, -0.2) is 34.0 Å². The van der Waals surface area contributed by atoms with E-state index < -0.39 is 10.0 Å². The number of nitrogens with one attached hydrogen (secondary N) is 1. The summed E-state index contributed by atoms with van der Waals surface area (Å²) in [7, 11) is 0.143.